The number of anilines is 1. The summed E-state index contributed by atoms with van der Waals surface area (Å²) in [5.74, 6) is -1.30. The van der Waals surface area contributed by atoms with Crippen LogP contribution in [0.3, 0.4) is 0 Å². The lowest BCUT2D eigenvalue weighted by atomic mass is 9.98. The number of nitriles is 1. The quantitative estimate of drug-likeness (QED) is 0.566. The number of nitrogens with one attached hydrogen (secondary N) is 1. The van der Waals surface area contributed by atoms with Crippen LogP contribution in [0.25, 0.3) is 0 Å². The number of aryl methyl sites for hydroxylation is 1. The number of aromatic nitrogens is 1. The molecule has 3 rings (SSSR count). The van der Waals surface area contributed by atoms with Crippen LogP contribution in [0.2, 0.25) is 0 Å². The van der Waals surface area contributed by atoms with Crippen molar-refractivity contribution in [2.75, 3.05) is 24.6 Å². The Kier molecular flexibility index (Phi) is 7.57. The summed E-state index contributed by atoms with van der Waals surface area (Å²) < 4.78 is 32.1. The first-order valence-corrected chi connectivity index (χ1v) is 12.7. The van der Waals surface area contributed by atoms with E-state index in [9.17, 15) is 23.3 Å². The van der Waals surface area contributed by atoms with Gasteiger partial charge in [-0.2, -0.15) is 5.26 Å². The highest BCUT2D eigenvalue weighted by atomic mass is 32.2. The molecule has 0 spiro atoms. The van der Waals surface area contributed by atoms with Crippen molar-refractivity contribution in [3.05, 3.63) is 58.3 Å². The van der Waals surface area contributed by atoms with Crippen LogP contribution in [0, 0.1) is 24.2 Å². The lowest BCUT2D eigenvalue weighted by Crippen LogP contribution is -2.55. The minimum atomic E-state index is -3.85. The zero-order valence-electron chi connectivity index (χ0n) is 19.7. The van der Waals surface area contributed by atoms with Gasteiger partial charge in [0, 0.05) is 13.1 Å². The topological polar surface area (TPSA) is 129 Å². The van der Waals surface area contributed by atoms with E-state index in [4.69, 9.17) is 4.74 Å². The maximum Gasteiger partial charge on any atom is 0.340 e. The molecule has 1 aliphatic rings. The summed E-state index contributed by atoms with van der Waals surface area (Å²) in [7, 11) is -3.85. The molecule has 0 atom stereocenters. The average molecular weight is 485 g/mol. The second-order valence-electron chi connectivity index (χ2n) is 8.55. The summed E-state index contributed by atoms with van der Waals surface area (Å²) in [5.41, 5.74) is 2.51. The third-order valence-electron chi connectivity index (χ3n) is 5.62. The van der Waals surface area contributed by atoms with Crippen molar-refractivity contribution in [3.8, 4) is 6.07 Å². The third kappa shape index (κ3) is 5.72. The number of pyridine rings is 1. The van der Waals surface area contributed by atoms with Crippen molar-refractivity contribution in [1.29, 1.82) is 5.26 Å². The van der Waals surface area contributed by atoms with E-state index in [0.29, 0.717) is 23.0 Å². The van der Waals surface area contributed by atoms with Gasteiger partial charge in [-0.25, -0.2) is 18.2 Å². The molecule has 0 radical (unpaired) electrons. The van der Waals surface area contributed by atoms with Crippen molar-refractivity contribution in [3.63, 3.8) is 0 Å². The van der Waals surface area contributed by atoms with Gasteiger partial charge in [0.1, 0.15) is 11.9 Å². The van der Waals surface area contributed by atoms with Crippen LogP contribution in [0.15, 0.2) is 30.3 Å². The predicted octanol–water partition coefficient (Wildman–Crippen LogP) is 2.64. The number of sulfonamides is 1. The standard InChI is InChI=1S/C24H28N4O5S/c1-5-33-24(30)21-10-19(11-25)22(26-16(21)4)28-12-20(13-28)23(29)27-34(31,32)14-17-6-8-18(9-7-17)15(2)3/h6-10,15,20H,5,12-14H2,1-4H3,(H,27,29). The predicted molar refractivity (Wildman–Crippen MR) is 127 cm³/mol. The Morgan fingerprint density at radius 1 is 1.26 bits per heavy atom. The molecule has 0 saturated carbocycles. The Morgan fingerprint density at radius 3 is 2.47 bits per heavy atom. The molecule has 1 saturated heterocycles. The van der Waals surface area contributed by atoms with Gasteiger partial charge in [0.05, 0.1) is 35.1 Å². The third-order valence-corrected chi connectivity index (χ3v) is 6.85. The molecule has 10 heteroatoms. The van der Waals surface area contributed by atoms with Gasteiger partial charge in [-0.15, -0.1) is 0 Å². The van der Waals surface area contributed by atoms with Gasteiger partial charge in [-0.3, -0.25) is 9.52 Å². The summed E-state index contributed by atoms with van der Waals surface area (Å²) in [6.45, 7) is 8.07. The summed E-state index contributed by atoms with van der Waals surface area (Å²) in [6.07, 6.45) is 0. The fourth-order valence-corrected chi connectivity index (χ4v) is 4.82. The van der Waals surface area contributed by atoms with E-state index in [-0.39, 0.29) is 36.6 Å². The van der Waals surface area contributed by atoms with E-state index in [1.165, 1.54) is 6.07 Å². The smallest absolute Gasteiger partial charge is 0.340 e. The van der Waals surface area contributed by atoms with Crippen LogP contribution in [-0.4, -0.2) is 45.0 Å². The minimum absolute atomic E-state index is 0.185. The molecule has 0 bridgehead atoms. The minimum Gasteiger partial charge on any atom is -0.462 e. The lowest BCUT2D eigenvalue weighted by Gasteiger charge is -2.39. The maximum atomic E-state index is 12.5. The normalized spacial score (nSPS) is 13.8. The van der Waals surface area contributed by atoms with Gasteiger partial charge in [-0.1, -0.05) is 38.1 Å². The van der Waals surface area contributed by atoms with Crippen molar-refractivity contribution < 1.29 is 22.7 Å². The fourth-order valence-electron chi connectivity index (χ4n) is 3.64. The summed E-state index contributed by atoms with van der Waals surface area (Å²) >= 11 is 0. The molecular formula is C24H28N4O5S. The van der Waals surface area contributed by atoms with Gasteiger partial charge >= 0.3 is 5.97 Å². The number of nitrogens with zero attached hydrogens (tertiary/aromatic N) is 3. The van der Waals surface area contributed by atoms with Crippen LogP contribution >= 0.6 is 0 Å². The largest absolute Gasteiger partial charge is 0.462 e. The Bertz CT molecular complexity index is 1230. The first-order chi connectivity index (χ1) is 16.0. The number of esters is 1. The van der Waals surface area contributed by atoms with Crippen LogP contribution in [0.1, 0.15) is 59.4 Å². The Balaban J connectivity index is 1.62. The Hall–Kier alpha value is -3.45. The average Bonchev–Trinajstić information content (AvgIpc) is 2.72. The zero-order valence-corrected chi connectivity index (χ0v) is 20.5. The van der Waals surface area contributed by atoms with Crippen LogP contribution < -0.4 is 9.62 Å². The zero-order chi connectivity index (χ0) is 25.0. The number of carbonyl (C=O) groups is 2. The van der Waals surface area contributed by atoms with E-state index in [0.717, 1.165) is 5.56 Å². The highest BCUT2D eigenvalue weighted by Gasteiger charge is 2.36. The second kappa shape index (κ2) is 10.2. The fraction of sp³-hybridized carbons (Fsp3) is 0.417. The van der Waals surface area contributed by atoms with Crippen LogP contribution in [0.4, 0.5) is 5.82 Å². The van der Waals surface area contributed by atoms with Gasteiger partial charge in [0.2, 0.25) is 15.9 Å². The number of carbonyl (C=O) groups excluding carboxylic acids is 2. The highest BCUT2D eigenvalue weighted by Crippen LogP contribution is 2.28. The lowest BCUT2D eigenvalue weighted by molar-refractivity contribution is -0.123. The molecule has 2 aromatic rings. The summed E-state index contributed by atoms with van der Waals surface area (Å²) in [5, 5.41) is 9.50. The molecule has 180 valence electrons. The first kappa shape index (κ1) is 25.2. The van der Waals surface area contributed by atoms with E-state index in [2.05, 4.69) is 23.6 Å². The van der Waals surface area contributed by atoms with Crippen LogP contribution in [-0.2, 0) is 25.3 Å². The molecule has 1 aliphatic heterocycles. The summed E-state index contributed by atoms with van der Waals surface area (Å²) in [4.78, 5) is 30.7. The van der Waals surface area contributed by atoms with E-state index in [1.54, 1.807) is 30.9 Å². The number of ether oxygens (including phenoxy) is 1. The maximum absolute atomic E-state index is 12.5. The molecule has 1 N–H and O–H groups in total. The van der Waals surface area contributed by atoms with E-state index < -0.39 is 27.8 Å². The molecule has 34 heavy (non-hydrogen) atoms. The number of benzene rings is 1. The number of rotatable bonds is 8. The molecular weight excluding hydrogens is 456 g/mol. The van der Waals surface area contributed by atoms with Gasteiger partial charge in [-0.05, 0) is 37.0 Å². The van der Waals surface area contributed by atoms with Crippen molar-refractivity contribution in [2.24, 2.45) is 5.92 Å². The molecule has 1 aromatic carbocycles. The molecule has 0 unspecified atom stereocenters. The molecule has 2 heterocycles. The molecule has 1 fully saturated rings. The van der Waals surface area contributed by atoms with Crippen LogP contribution in [0.5, 0.6) is 0 Å². The number of hydrogen-bond acceptors (Lipinski definition) is 8. The van der Waals surface area contributed by atoms with Crippen molar-refractivity contribution >= 4 is 27.7 Å². The Morgan fingerprint density at radius 2 is 1.91 bits per heavy atom. The highest BCUT2D eigenvalue weighted by molar-refractivity contribution is 7.89. The Labute approximate surface area is 199 Å². The summed E-state index contributed by atoms with van der Waals surface area (Å²) in [6, 6.07) is 10.7. The number of hydrogen-bond donors (Lipinski definition) is 1. The van der Waals surface area contributed by atoms with Crippen molar-refractivity contribution in [1.82, 2.24) is 9.71 Å². The molecule has 1 aromatic heterocycles. The van der Waals surface area contributed by atoms with E-state index >= 15 is 0 Å². The molecule has 9 nitrogen and oxygen atoms in total. The monoisotopic (exact) mass is 484 g/mol. The number of amides is 1. The van der Waals surface area contributed by atoms with Gasteiger partial charge < -0.3 is 9.64 Å². The molecule has 0 aliphatic carbocycles. The van der Waals surface area contributed by atoms with Gasteiger partial charge in [0.15, 0.2) is 0 Å². The SMILES string of the molecule is CCOC(=O)c1cc(C#N)c(N2CC(C(=O)NS(=O)(=O)Cc3ccc(C(C)C)cc3)C2)nc1C. The second-order valence-corrected chi connectivity index (χ2v) is 10.3. The van der Waals surface area contributed by atoms with E-state index in [1.807, 2.05) is 18.2 Å². The molecule has 1 amide bonds. The van der Waals surface area contributed by atoms with Crippen molar-refractivity contribution in [2.45, 2.75) is 39.4 Å². The van der Waals surface area contributed by atoms with Gasteiger partial charge in [0.25, 0.3) is 0 Å². The first-order valence-electron chi connectivity index (χ1n) is 11.0.